The van der Waals surface area contributed by atoms with Crippen molar-refractivity contribution >= 4 is 46.3 Å². The number of hydrogen-bond donors (Lipinski definition) is 5. The first-order valence-corrected chi connectivity index (χ1v) is 16.8. The molecule has 7 rings (SSSR count). The number of ether oxygens (including phenoxy) is 1. The van der Waals surface area contributed by atoms with Gasteiger partial charge in [-0.1, -0.05) is 13.8 Å². The van der Waals surface area contributed by atoms with Crippen molar-refractivity contribution in [1.82, 2.24) is 19.5 Å². The van der Waals surface area contributed by atoms with Gasteiger partial charge in [-0.3, -0.25) is 13.3 Å². The number of nitrogens with zero attached hydrogens (tertiary/aromatic N) is 4. The normalized spacial score (nSPS) is 39.3. The van der Waals surface area contributed by atoms with Crippen LogP contribution in [0.2, 0.25) is 5.28 Å². The summed E-state index contributed by atoms with van der Waals surface area (Å²) in [5.74, 6) is 1.11. The summed E-state index contributed by atoms with van der Waals surface area (Å²) in [4.78, 5) is 31.1. The van der Waals surface area contributed by atoms with Crippen molar-refractivity contribution in [3.05, 3.63) is 11.6 Å². The Labute approximate surface area is 235 Å². The minimum Gasteiger partial charge on any atom is -0.387 e. The lowest BCUT2D eigenvalue weighted by atomic mass is 9.43. The van der Waals surface area contributed by atoms with Gasteiger partial charge in [-0.2, -0.15) is 18.4 Å². The van der Waals surface area contributed by atoms with Gasteiger partial charge in [0, 0.05) is 5.54 Å². The number of fused-ring (bicyclic) bond motifs is 1. The molecule has 4 saturated carbocycles. The summed E-state index contributed by atoms with van der Waals surface area (Å²) in [7, 11) is -9.52. The highest BCUT2D eigenvalue weighted by Crippen LogP contribution is 2.67. The second kappa shape index (κ2) is 9.29. The summed E-state index contributed by atoms with van der Waals surface area (Å²) in [5.41, 5.74) is -0.514. The van der Waals surface area contributed by atoms with Gasteiger partial charge in [-0.05, 0) is 66.9 Å². The van der Waals surface area contributed by atoms with E-state index in [1.165, 1.54) is 30.2 Å². The molecule has 4 aliphatic carbocycles. The van der Waals surface area contributed by atoms with E-state index in [1.807, 2.05) is 0 Å². The van der Waals surface area contributed by atoms with Crippen LogP contribution in [-0.2, 0) is 23.6 Å². The third-order valence-electron chi connectivity index (χ3n) is 8.75. The van der Waals surface area contributed by atoms with E-state index < -0.39 is 54.4 Å². The first-order chi connectivity index (χ1) is 18.5. The second-order valence-electron chi connectivity index (χ2n) is 12.9. The van der Waals surface area contributed by atoms with E-state index in [4.69, 9.17) is 26.1 Å². The molecule has 17 heteroatoms. The molecule has 2 aromatic heterocycles. The summed E-state index contributed by atoms with van der Waals surface area (Å²) in [6.07, 6.45) is 2.44. The van der Waals surface area contributed by atoms with Crippen LogP contribution in [-0.4, -0.2) is 83.9 Å². The average molecular weight is 622 g/mol. The van der Waals surface area contributed by atoms with E-state index in [2.05, 4.69) is 38.3 Å². The Bertz CT molecular complexity index is 1480. The Morgan fingerprint density at radius 1 is 1.15 bits per heavy atom. The highest BCUT2D eigenvalue weighted by Gasteiger charge is 2.60. The quantitative estimate of drug-likeness (QED) is 0.162. The Morgan fingerprint density at radius 2 is 1.82 bits per heavy atom. The van der Waals surface area contributed by atoms with Crippen molar-refractivity contribution in [2.75, 3.05) is 17.4 Å². The maximum Gasteiger partial charge on any atom is 0.343 e. The van der Waals surface area contributed by atoms with Gasteiger partial charge < -0.3 is 30.1 Å². The first kappa shape index (κ1) is 28.7. The number of anilines is 1. The zero-order valence-electron chi connectivity index (χ0n) is 22.0. The van der Waals surface area contributed by atoms with E-state index >= 15 is 0 Å². The van der Waals surface area contributed by atoms with E-state index in [0.29, 0.717) is 17.3 Å². The second-order valence-corrected chi connectivity index (χ2v) is 16.9. The molecule has 2 aromatic rings. The summed E-state index contributed by atoms with van der Waals surface area (Å²) in [5, 5.41) is 24.9. The number of halogens is 1. The molecule has 40 heavy (non-hydrogen) atoms. The van der Waals surface area contributed by atoms with Crippen LogP contribution in [0.25, 0.3) is 11.2 Å². The molecule has 14 nitrogen and oxygen atoms in total. The summed E-state index contributed by atoms with van der Waals surface area (Å²) >= 11 is 6.34. The molecule has 1 saturated heterocycles. The molecule has 0 aromatic carbocycles. The van der Waals surface area contributed by atoms with Gasteiger partial charge in [0.05, 0.1) is 12.9 Å². The molecule has 0 spiro atoms. The standard InChI is InChI=1S/C23H33ClN5O9PS/c1-21-3-12-4-22(2,7-21)9-23(5-12,8-21)28-17-14-18(27-20(24)26-17)29(10-25-14)19-16(31)15(30)13(38-19)6-37-40(35,36)11-39(32,33)34/h10,12-13,15-16,19,30-31H,3-9,11H2,1-2H3,(H,26,27,28)(H2,32,33,34)/t12?,13-,15+,16?,19-,21-,22+,23?/m1/s1. The van der Waals surface area contributed by atoms with Gasteiger partial charge in [0.2, 0.25) is 5.28 Å². The average Bonchev–Trinajstić information content (AvgIpc) is 3.29. The molecule has 3 heterocycles. The van der Waals surface area contributed by atoms with Crippen LogP contribution < -0.4 is 5.32 Å². The van der Waals surface area contributed by atoms with E-state index in [9.17, 15) is 23.2 Å². The fourth-order valence-electron chi connectivity index (χ4n) is 8.51. The van der Waals surface area contributed by atoms with Crippen LogP contribution in [0.3, 0.4) is 0 Å². The summed E-state index contributed by atoms with van der Waals surface area (Å²) in [6.45, 7) is 3.96. The van der Waals surface area contributed by atoms with Crippen molar-refractivity contribution in [3.63, 3.8) is 0 Å². The molecule has 0 radical (unpaired) electrons. The largest absolute Gasteiger partial charge is 0.387 e. The van der Waals surface area contributed by atoms with Gasteiger partial charge in [0.25, 0.3) is 10.1 Å². The van der Waals surface area contributed by atoms with E-state index in [-0.39, 0.29) is 27.3 Å². The fourth-order valence-corrected chi connectivity index (χ4v) is 11.0. The van der Waals surface area contributed by atoms with Gasteiger partial charge in [0.1, 0.15) is 18.3 Å². The third-order valence-corrected chi connectivity index (χ3v) is 12.0. The molecule has 5 N–H and O–H groups in total. The van der Waals surface area contributed by atoms with Crippen molar-refractivity contribution in [2.24, 2.45) is 16.7 Å². The third kappa shape index (κ3) is 5.29. The van der Waals surface area contributed by atoms with Crippen LogP contribution in [0, 0.1) is 16.7 Å². The Hall–Kier alpha value is -1.42. The van der Waals surface area contributed by atoms with Crippen molar-refractivity contribution in [1.29, 1.82) is 0 Å². The van der Waals surface area contributed by atoms with Gasteiger partial charge in [-0.15, -0.1) is 0 Å². The van der Waals surface area contributed by atoms with Crippen molar-refractivity contribution < 1.29 is 41.9 Å². The number of hydrogen-bond acceptors (Lipinski definition) is 11. The number of aliphatic hydroxyl groups excluding tert-OH is 2. The maximum absolute atomic E-state index is 11.9. The minimum absolute atomic E-state index is 0.0460. The number of aromatic nitrogens is 4. The van der Waals surface area contributed by atoms with Gasteiger partial charge in [0.15, 0.2) is 28.7 Å². The number of rotatable bonds is 8. The lowest BCUT2D eigenvalue weighted by Gasteiger charge is -2.65. The molecular weight excluding hydrogens is 589 g/mol. The highest BCUT2D eigenvalue weighted by atomic mass is 35.5. The zero-order chi connectivity index (χ0) is 28.9. The SMILES string of the molecule is C[C@]12CC3CC(Nc4nc(Cl)nc5c4ncn5[C@@H]4O[C@H](COS(=O)(=O)CP(=O)(O)O)[C@H](O)C4O)(C1)C[C@@](C)(C3)C2. The molecule has 1 aliphatic heterocycles. The Balaban J connectivity index is 1.25. The van der Waals surface area contributed by atoms with E-state index in [0.717, 1.165) is 19.3 Å². The zero-order valence-corrected chi connectivity index (χ0v) is 24.4. The minimum atomic E-state index is -4.90. The predicted octanol–water partition coefficient (Wildman–Crippen LogP) is 1.74. The highest BCUT2D eigenvalue weighted by molar-refractivity contribution is 7.93. The smallest absolute Gasteiger partial charge is 0.343 e. The molecule has 3 unspecified atom stereocenters. The lowest BCUT2D eigenvalue weighted by molar-refractivity contribution is -0.0973. The molecular formula is C23H33ClN5O9PS. The van der Waals surface area contributed by atoms with Gasteiger partial charge >= 0.3 is 7.60 Å². The van der Waals surface area contributed by atoms with Gasteiger partial charge in [-0.25, -0.2) is 4.98 Å². The molecule has 5 aliphatic rings. The Kier molecular flexibility index (Phi) is 6.66. The predicted molar refractivity (Wildman–Crippen MR) is 142 cm³/mol. The molecule has 8 atom stereocenters. The number of aliphatic hydroxyl groups is 2. The summed E-state index contributed by atoms with van der Waals surface area (Å²) in [6, 6.07) is 0. The van der Waals surface area contributed by atoms with Crippen molar-refractivity contribution in [3.8, 4) is 0 Å². The number of imidazole rings is 1. The monoisotopic (exact) mass is 621 g/mol. The first-order valence-electron chi connectivity index (χ1n) is 13.1. The van der Waals surface area contributed by atoms with Crippen LogP contribution in [0.1, 0.15) is 58.6 Å². The van der Waals surface area contributed by atoms with Crippen LogP contribution >= 0.6 is 19.2 Å². The topological polar surface area (TPSA) is 206 Å². The van der Waals surface area contributed by atoms with E-state index in [1.54, 1.807) is 0 Å². The van der Waals surface area contributed by atoms with Crippen LogP contribution in [0.5, 0.6) is 0 Å². The van der Waals surface area contributed by atoms with Crippen LogP contribution in [0.4, 0.5) is 5.82 Å². The maximum atomic E-state index is 11.9. The Morgan fingerprint density at radius 3 is 2.45 bits per heavy atom. The molecule has 5 fully saturated rings. The summed E-state index contributed by atoms with van der Waals surface area (Å²) < 4.78 is 46.6. The van der Waals surface area contributed by atoms with Crippen LogP contribution in [0.15, 0.2) is 6.33 Å². The lowest BCUT2D eigenvalue weighted by Crippen LogP contribution is -2.61. The number of nitrogens with one attached hydrogen (secondary N) is 1. The van der Waals surface area contributed by atoms with Crippen molar-refractivity contribution in [2.45, 2.75) is 82.5 Å². The molecule has 0 amide bonds. The molecule has 222 valence electrons. The molecule has 4 bridgehead atoms. The fraction of sp³-hybridized carbons (Fsp3) is 0.783.